The summed E-state index contributed by atoms with van der Waals surface area (Å²) in [5.41, 5.74) is 1.25. The summed E-state index contributed by atoms with van der Waals surface area (Å²) in [6, 6.07) is 6.30. The van der Waals surface area contributed by atoms with E-state index in [-0.39, 0.29) is 17.7 Å². The molecule has 0 saturated heterocycles. The van der Waals surface area contributed by atoms with Gasteiger partial charge in [0.15, 0.2) is 0 Å². The van der Waals surface area contributed by atoms with Crippen LogP contribution in [0.2, 0.25) is 0 Å². The molecule has 7 nitrogen and oxygen atoms in total. The Morgan fingerprint density at radius 2 is 1.56 bits per heavy atom. The van der Waals surface area contributed by atoms with E-state index in [1.165, 1.54) is 5.56 Å². The van der Waals surface area contributed by atoms with Crippen LogP contribution in [0.3, 0.4) is 0 Å². The van der Waals surface area contributed by atoms with E-state index >= 15 is 0 Å². The van der Waals surface area contributed by atoms with Crippen molar-refractivity contribution in [1.29, 1.82) is 0 Å². The van der Waals surface area contributed by atoms with E-state index < -0.39 is 23.8 Å². The number of alkyl carbamates (subject to hydrolysis) is 1. The van der Waals surface area contributed by atoms with Crippen molar-refractivity contribution >= 4 is 17.9 Å². The van der Waals surface area contributed by atoms with Crippen LogP contribution >= 0.6 is 0 Å². The van der Waals surface area contributed by atoms with Crippen LogP contribution in [-0.2, 0) is 20.7 Å². The predicted octanol–water partition coefficient (Wildman–Crippen LogP) is 5.77. The number of nitrogens with one attached hydrogen (secondary N) is 2. The standard InChI is InChI=1S/C29H49N3O4/c1-9-12-14-20-32(27(34)24(21(4)5)31-28(35)36-29(6,7)8)25(26(33)30-19-13-10-2)23-17-15-22(11-3)16-18-23/h15-18,21,24-25H,9-14,19-20H2,1-8H3,(H,30,33)(H,31,35). The SMILES string of the molecule is CCCCCN(C(=O)C(NC(=O)OC(C)(C)C)C(C)C)C(C(=O)NCCCC)c1ccc(CC)cc1. The molecule has 0 spiro atoms. The highest BCUT2D eigenvalue weighted by Gasteiger charge is 2.37. The number of amides is 3. The lowest BCUT2D eigenvalue weighted by Gasteiger charge is -2.35. The van der Waals surface area contributed by atoms with Crippen LogP contribution in [0.5, 0.6) is 0 Å². The van der Waals surface area contributed by atoms with Gasteiger partial charge in [0, 0.05) is 13.1 Å². The second kappa shape index (κ2) is 15.5. The summed E-state index contributed by atoms with van der Waals surface area (Å²) in [6.07, 6.45) is 4.78. The van der Waals surface area contributed by atoms with Gasteiger partial charge in [-0.1, -0.05) is 78.1 Å². The van der Waals surface area contributed by atoms with Gasteiger partial charge in [0.25, 0.3) is 0 Å². The van der Waals surface area contributed by atoms with Gasteiger partial charge in [-0.2, -0.15) is 0 Å². The third-order valence-electron chi connectivity index (χ3n) is 5.98. The molecule has 0 fully saturated rings. The molecule has 2 N–H and O–H groups in total. The molecule has 2 unspecified atom stereocenters. The Labute approximate surface area is 218 Å². The molecule has 0 saturated carbocycles. The number of nitrogens with zero attached hydrogens (tertiary/aromatic N) is 1. The van der Waals surface area contributed by atoms with Crippen LogP contribution in [0.4, 0.5) is 4.79 Å². The molecule has 0 heterocycles. The first-order valence-electron chi connectivity index (χ1n) is 13.6. The van der Waals surface area contributed by atoms with Crippen LogP contribution in [0.25, 0.3) is 0 Å². The predicted molar refractivity (Wildman–Crippen MR) is 146 cm³/mol. The Morgan fingerprint density at radius 3 is 2.06 bits per heavy atom. The van der Waals surface area contributed by atoms with Crippen LogP contribution in [0, 0.1) is 5.92 Å². The summed E-state index contributed by atoms with van der Waals surface area (Å²) in [5.74, 6) is -0.663. The molecule has 0 aliphatic heterocycles. The van der Waals surface area contributed by atoms with Gasteiger partial charge in [0.05, 0.1) is 0 Å². The number of hydrogen-bond donors (Lipinski definition) is 2. The van der Waals surface area contributed by atoms with Crippen molar-refractivity contribution in [2.24, 2.45) is 5.92 Å². The topological polar surface area (TPSA) is 87.7 Å². The fourth-order valence-electron chi connectivity index (χ4n) is 3.92. The quantitative estimate of drug-likeness (QED) is 0.315. The van der Waals surface area contributed by atoms with E-state index in [2.05, 4.69) is 31.4 Å². The molecule has 0 aliphatic rings. The highest BCUT2D eigenvalue weighted by molar-refractivity contribution is 5.92. The lowest BCUT2D eigenvalue weighted by atomic mass is 9.97. The second-order valence-corrected chi connectivity index (χ2v) is 10.7. The fraction of sp³-hybridized carbons (Fsp3) is 0.690. The summed E-state index contributed by atoms with van der Waals surface area (Å²) in [4.78, 5) is 41.8. The van der Waals surface area contributed by atoms with Crippen molar-refractivity contribution in [3.05, 3.63) is 35.4 Å². The van der Waals surface area contributed by atoms with E-state index in [1.807, 2.05) is 38.1 Å². The molecule has 0 radical (unpaired) electrons. The monoisotopic (exact) mass is 503 g/mol. The minimum atomic E-state index is -0.817. The van der Waals surface area contributed by atoms with Crippen molar-refractivity contribution in [2.45, 2.75) is 112 Å². The zero-order valence-electron chi connectivity index (χ0n) is 23.8. The zero-order valence-corrected chi connectivity index (χ0v) is 23.8. The Hall–Kier alpha value is -2.57. The van der Waals surface area contributed by atoms with Crippen molar-refractivity contribution in [3.8, 4) is 0 Å². The number of aryl methyl sites for hydroxylation is 1. The largest absolute Gasteiger partial charge is 0.444 e. The Bertz CT molecular complexity index is 815. The number of carbonyl (C=O) groups excluding carboxylic acids is 3. The minimum Gasteiger partial charge on any atom is -0.444 e. The molecule has 0 aromatic heterocycles. The van der Waals surface area contributed by atoms with Gasteiger partial charge < -0.3 is 20.3 Å². The molecule has 3 amide bonds. The number of hydrogen-bond acceptors (Lipinski definition) is 4. The maximum absolute atomic E-state index is 14.0. The van der Waals surface area contributed by atoms with E-state index in [9.17, 15) is 14.4 Å². The summed E-state index contributed by atoms with van der Waals surface area (Å²) < 4.78 is 5.43. The Balaban J connectivity index is 3.42. The van der Waals surface area contributed by atoms with Crippen LogP contribution < -0.4 is 10.6 Å². The van der Waals surface area contributed by atoms with Crippen LogP contribution in [0.15, 0.2) is 24.3 Å². The average molecular weight is 504 g/mol. The van der Waals surface area contributed by atoms with E-state index in [4.69, 9.17) is 4.74 Å². The van der Waals surface area contributed by atoms with Crippen molar-refractivity contribution in [1.82, 2.24) is 15.5 Å². The molecule has 0 aliphatic carbocycles. The molecule has 204 valence electrons. The molecule has 2 atom stereocenters. The lowest BCUT2D eigenvalue weighted by Crippen LogP contribution is -2.55. The van der Waals surface area contributed by atoms with Gasteiger partial charge in [-0.15, -0.1) is 0 Å². The Morgan fingerprint density at radius 1 is 0.944 bits per heavy atom. The first-order chi connectivity index (χ1) is 16.9. The van der Waals surface area contributed by atoms with Crippen molar-refractivity contribution in [2.75, 3.05) is 13.1 Å². The second-order valence-electron chi connectivity index (χ2n) is 10.7. The highest BCUT2D eigenvalue weighted by atomic mass is 16.6. The minimum absolute atomic E-state index is 0.190. The van der Waals surface area contributed by atoms with Crippen molar-refractivity contribution in [3.63, 3.8) is 0 Å². The van der Waals surface area contributed by atoms with Gasteiger partial charge in [-0.05, 0) is 57.1 Å². The summed E-state index contributed by atoms with van der Waals surface area (Å²) in [7, 11) is 0. The van der Waals surface area contributed by atoms with E-state index in [0.717, 1.165) is 44.1 Å². The Kier molecular flexibility index (Phi) is 13.6. The van der Waals surface area contributed by atoms with E-state index in [1.54, 1.807) is 25.7 Å². The molecular weight excluding hydrogens is 454 g/mol. The molecule has 1 aromatic rings. The van der Waals surface area contributed by atoms with Gasteiger partial charge in [-0.25, -0.2) is 4.79 Å². The summed E-state index contributed by atoms with van der Waals surface area (Å²) >= 11 is 0. The maximum atomic E-state index is 14.0. The van der Waals surface area contributed by atoms with E-state index in [0.29, 0.717) is 13.1 Å². The first-order valence-corrected chi connectivity index (χ1v) is 13.6. The summed E-state index contributed by atoms with van der Waals surface area (Å²) in [5, 5.41) is 5.81. The van der Waals surface area contributed by atoms with Crippen molar-refractivity contribution < 1.29 is 19.1 Å². The lowest BCUT2D eigenvalue weighted by molar-refractivity contribution is -0.143. The molecule has 36 heavy (non-hydrogen) atoms. The molecule has 7 heteroatoms. The smallest absolute Gasteiger partial charge is 0.408 e. The average Bonchev–Trinajstić information content (AvgIpc) is 2.80. The number of ether oxygens (including phenoxy) is 1. The van der Waals surface area contributed by atoms with Gasteiger partial charge >= 0.3 is 6.09 Å². The molecule has 0 bridgehead atoms. The highest BCUT2D eigenvalue weighted by Crippen LogP contribution is 2.25. The number of rotatable bonds is 14. The third-order valence-corrected chi connectivity index (χ3v) is 5.98. The third kappa shape index (κ3) is 10.6. The van der Waals surface area contributed by atoms with Gasteiger partial charge in [0.1, 0.15) is 17.7 Å². The normalized spacial score (nSPS) is 13.1. The molecular formula is C29H49N3O4. The van der Waals surface area contributed by atoms with Crippen LogP contribution in [0.1, 0.15) is 105 Å². The number of benzene rings is 1. The molecule has 1 rings (SSSR count). The van der Waals surface area contributed by atoms with Gasteiger partial charge in [0.2, 0.25) is 11.8 Å². The zero-order chi connectivity index (χ0) is 27.3. The fourth-order valence-corrected chi connectivity index (χ4v) is 3.92. The van der Waals surface area contributed by atoms with Crippen LogP contribution in [-0.4, -0.2) is 47.5 Å². The molecule has 1 aromatic carbocycles. The maximum Gasteiger partial charge on any atom is 0.408 e. The summed E-state index contributed by atoms with van der Waals surface area (Å²) in [6.45, 7) is 16.4. The number of unbranched alkanes of at least 4 members (excludes halogenated alkanes) is 3. The van der Waals surface area contributed by atoms with Gasteiger partial charge in [-0.3, -0.25) is 9.59 Å². The number of carbonyl (C=O) groups is 3. The first kappa shape index (κ1) is 31.5.